The first-order chi connectivity index (χ1) is 9.36. The Hall–Kier alpha value is -1.69. The van der Waals surface area contributed by atoms with E-state index >= 15 is 0 Å². The third-order valence-corrected chi connectivity index (χ3v) is 2.65. The van der Waals surface area contributed by atoms with E-state index in [1.165, 1.54) is 19.2 Å². The molecule has 0 aromatic heterocycles. The lowest BCUT2D eigenvalue weighted by Crippen LogP contribution is -2.35. The van der Waals surface area contributed by atoms with Gasteiger partial charge in [-0.25, -0.2) is 4.39 Å². The highest BCUT2D eigenvalue weighted by Gasteiger charge is 2.17. The molecule has 1 N–H and O–H groups in total. The minimum Gasteiger partial charge on any atom is -0.494 e. The standard InChI is InChI=1S/C14H19F2NO3/c1-8(2)20-9(3)14(18)17-7-10-5-6-11(19-4)13(16)12(10)15/h5-6,8-9H,7H2,1-4H3,(H,17,18)/t9-/m0/s1. The van der Waals surface area contributed by atoms with Crippen molar-refractivity contribution < 1.29 is 23.0 Å². The molecule has 0 heterocycles. The predicted octanol–water partition coefficient (Wildman–Crippen LogP) is 2.40. The zero-order chi connectivity index (χ0) is 15.3. The minimum absolute atomic E-state index is 0.0494. The highest BCUT2D eigenvalue weighted by Crippen LogP contribution is 2.22. The number of methoxy groups -OCH3 is 1. The topological polar surface area (TPSA) is 47.6 Å². The van der Waals surface area contributed by atoms with Crippen LogP contribution in [0, 0.1) is 11.6 Å². The van der Waals surface area contributed by atoms with Crippen molar-refractivity contribution >= 4 is 5.91 Å². The molecule has 112 valence electrons. The quantitative estimate of drug-likeness (QED) is 0.874. The molecule has 6 heteroatoms. The third-order valence-electron chi connectivity index (χ3n) is 2.65. The normalized spacial score (nSPS) is 12.3. The van der Waals surface area contributed by atoms with Crippen molar-refractivity contribution in [2.45, 2.75) is 39.5 Å². The molecule has 1 amide bonds. The molecule has 0 spiro atoms. The van der Waals surface area contributed by atoms with E-state index in [-0.39, 0.29) is 29.9 Å². The van der Waals surface area contributed by atoms with Crippen molar-refractivity contribution in [2.24, 2.45) is 0 Å². The third kappa shape index (κ3) is 4.16. The predicted molar refractivity (Wildman–Crippen MR) is 70.4 cm³/mol. The van der Waals surface area contributed by atoms with Crippen LogP contribution in [0.5, 0.6) is 5.75 Å². The fourth-order valence-electron chi connectivity index (χ4n) is 1.66. The Morgan fingerprint density at radius 3 is 2.45 bits per heavy atom. The van der Waals surface area contributed by atoms with Gasteiger partial charge in [0, 0.05) is 12.1 Å². The molecule has 1 rings (SSSR count). The first-order valence-electron chi connectivity index (χ1n) is 6.30. The fraction of sp³-hybridized carbons (Fsp3) is 0.500. The summed E-state index contributed by atoms with van der Waals surface area (Å²) in [4.78, 5) is 11.7. The SMILES string of the molecule is COc1ccc(CNC(=O)[C@H](C)OC(C)C)c(F)c1F. The van der Waals surface area contributed by atoms with Gasteiger partial charge < -0.3 is 14.8 Å². The zero-order valence-corrected chi connectivity index (χ0v) is 12.0. The van der Waals surface area contributed by atoms with Crippen LogP contribution >= 0.6 is 0 Å². The van der Waals surface area contributed by atoms with Crippen LogP contribution in [-0.2, 0) is 16.1 Å². The lowest BCUT2D eigenvalue weighted by Gasteiger charge is -2.16. The number of carbonyl (C=O) groups excluding carboxylic acids is 1. The number of amides is 1. The van der Waals surface area contributed by atoms with E-state index in [1.807, 2.05) is 13.8 Å². The molecule has 1 aromatic rings. The van der Waals surface area contributed by atoms with E-state index < -0.39 is 17.7 Å². The van der Waals surface area contributed by atoms with Gasteiger partial charge in [-0.05, 0) is 26.8 Å². The van der Waals surface area contributed by atoms with E-state index in [9.17, 15) is 13.6 Å². The summed E-state index contributed by atoms with van der Waals surface area (Å²) in [5.74, 6) is -2.64. The van der Waals surface area contributed by atoms with E-state index in [2.05, 4.69) is 10.1 Å². The smallest absolute Gasteiger partial charge is 0.249 e. The molecule has 1 atom stereocenters. The van der Waals surface area contributed by atoms with Crippen molar-refractivity contribution in [1.29, 1.82) is 0 Å². The zero-order valence-electron chi connectivity index (χ0n) is 12.0. The van der Waals surface area contributed by atoms with E-state index in [1.54, 1.807) is 6.92 Å². The summed E-state index contributed by atoms with van der Waals surface area (Å²) in [5, 5.41) is 2.50. The van der Waals surface area contributed by atoms with E-state index in [4.69, 9.17) is 4.74 Å². The van der Waals surface area contributed by atoms with Crippen LogP contribution in [0.25, 0.3) is 0 Å². The van der Waals surface area contributed by atoms with Gasteiger partial charge in [-0.15, -0.1) is 0 Å². The number of halogens is 2. The average molecular weight is 287 g/mol. The van der Waals surface area contributed by atoms with Crippen LogP contribution in [0.1, 0.15) is 26.3 Å². The second kappa shape index (κ2) is 7.19. The Bertz CT molecular complexity index is 478. The Balaban J connectivity index is 2.66. The van der Waals surface area contributed by atoms with Gasteiger partial charge in [-0.3, -0.25) is 4.79 Å². The first kappa shape index (κ1) is 16.4. The second-order valence-electron chi connectivity index (χ2n) is 4.60. The van der Waals surface area contributed by atoms with Crippen molar-refractivity contribution in [1.82, 2.24) is 5.32 Å². The Morgan fingerprint density at radius 1 is 1.25 bits per heavy atom. The molecule has 0 bridgehead atoms. The molecule has 20 heavy (non-hydrogen) atoms. The molecule has 0 aliphatic heterocycles. The van der Waals surface area contributed by atoms with Crippen LogP contribution in [0.2, 0.25) is 0 Å². The summed E-state index contributed by atoms with van der Waals surface area (Å²) >= 11 is 0. The largest absolute Gasteiger partial charge is 0.494 e. The summed E-state index contributed by atoms with van der Waals surface area (Å²) in [6, 6.07) is 2.68. The fourth-order valence-corrected chi connectivity index (χ4v) is 1.66. The molecule has 1 aromatic carbocycles. The van der Waals surface area contributed by atoms with Crippen LogP contribution in [0.4, 0.5) is 8.78 Å². The van der Waals surface area contributed by atoms with Crippen LogP contribution in [0.3, 0.4) is 0 Å². The molecular weight excluding hydrogens is 268 g/mol. The summed E-state index contributed by atoms with van der Waals surface area (Å²) in [5.41, 5.74) is 0.0494. The molecule has 0 fully saturated rings. The van der Waals surface area contributed by atoms with Crippen LogP contribution in [-0.4, -0.2) is 25.2 Å². The van der Waals surface area contributed by atoms with Gasteiger partial charge in [0.25, 0.3) is 0 Å². The Morgan fingerprint density at radius 2 is 1.90 bits per heavy atom. The van der Waals surface area contributed by atoms with Gasteiger partial charge in [-0.2, -0.15) is 4.39 Å². The van der Waals surface area contributed by atoms with Crippen molar-refractivity contribution in [3.05, 3.63) is 29.3 Å². The van der Waals surface area contributed by atoms with Gasteiger partial charge in [0.1, 0.15) is 6.10 Å². The number of hydrogen-bond acceptors (Lipinski definition) is 3. The number of nitrogens with one attached hydrogen (secondary N) is 1. The monoisotopic (exact) mass is 287 g/mol. The maximum Gasteiger partial charge on any atom is 0.249 e. The van der Waals surface area contributed by atoms with Crippen molar-refractivity contribution in [2.75, 3.05) is 7.11 Å². The molecule has 0 radical (unpaired) electrons. The van der Waals surface area contributed by atoms with Crippen LogP contribution in [0.15, 0.2) is 12.1 Å². The average Bonchev–Trinajstić information content (AvgIpc) is 2.39. The summed E-state index contributed by atoms with van der Waals surface area (Å²) in [6.45, 7) is 5.10. The lowest BCUT2D eigenvalue weighted by molar-refractivity contribution is -0.134. The molecular formula is C14H19F2NO3. The van der Waals surface area contributed by atoms with E-state index in [0.717, 1.165) is 0 Å². The maximum atomic E-state index is 13.7. The number of ether oxygens (including phenoxy) is 2. The highest BCUT2D eigenvalue weighted by atomic mass is 19.2. The molecule has 0 saturated heterocycles. The number of hydrogen-bond donors (Lipinski definition) is 1. The molecule has 4 nitrogen and oxygen atoms in total. The number of carbonyl (C=O) groups is 1. The Labute approximate surface area is 117 Å². The summed E-state index contributed by atoms with van der Waals surface area (Å²) < 4.78 is 37.1. The van der Waals surface area contributed by atoms with Crippen LogP contribution < -0.4 is 10.1 Å². The first-order valence-corrected chi connectivity index (χ1v) is 6.30. The molecule has 0 saturated carbocycles. The van der Waals surface area contributed by atoms with E-state index in [0.29, 0.717) is 0 Å². The van der Waals surface area contributed by atoms with Gasteiger partial charge in [-0.1, -0.05) is 6.07 Å². The van der Waals surface area contributed by atoms with Gasteiger partial charge in [0.2, 0.25) is 11.7 Å². The summed E-state index contributed by atoms with van der Waals surface area (Å²) in [6.07, 6.45) is -0.743. The molecule has 0 unspecified atom stereocenters. The van der Waals surface area contributed by atoms with Crippen molar-refractivity contribution in [3.8, 4) is 5.75 Å². The molecule has 0 aliphatic carbocycles. The van der Waals surface area contributed by atoms with Gasteiger partial charge in [0.05, 0.1) is 13.2 Å². The number of benzene rings is 1. The molecule has 0 aliphatic rings. The number of rotatable bonds is 6. The Kier molecular flexibility index (Phi) is 5.88. The maximum absolute atomic E-state index is 13.7. The lowest BCUT2D eigenvalue weighted by atomic mass is 10.2. The highest BCUT2D eigenvalue weighted by molar-refractivity contribution is 5.80. The summed E-state index contributed by atoms with van der Waals surface area (Å²) in [7, 11) is 1.25. The minimum atomic E-state index is -1.06. The second-order valence-corrected chi connectivity index (χ2v) is 4.60. The van der Waals surface area contributed by atoms with Gasteiger partial charge >= 0.3 is 0 Å². The van der Waals surface area contributed by atoms with Gasteiger partial charge in [0.15, 0.2) is 11.6 Å². The van der Waals surface area contributed by atoms with Crippen molar-refractivity contribution in [3.63, 3.8) is 0 Å².